The van der Waals surface area contributed by atoms with Crippen LogP contribution in [0.1, 0.15) is 42.7 Å². The van der Waals surface area contributed by atoms with Gasteiger partial charge >= 0.3 is 5.97 Å². The van der Waals surface area contributed by atoms with Crippen molar-refractivity contribution in [3.05, 3.63) is 65.7 Å². The van der Waals surface area contributed by atoms with Crippen molar-refractivity contribution in [1.29, 1.82) is 0 Å². The molecule has 2 aliphatic heterocycles. The minimum atomic E-state index is -3.23. The smallest absolute Gasteiger partial charge is 0.313 e. The highest BCUT2D eigenvalue weighted by Crippen LogP contribution is 2.42. The molecule has 2 aromatic rings. The van der Waals surface area contributed by atoms with E-state index >= 15 is 0 Å². The molecule has 35 heavy (non-hydrogen) atoms. The number of piperidine rings is 1. The number of ether oxygens (including phenoxy) is 1. The summed E-state index contributed by atoms with van der Waals surface area (Å²) in [6.45, 7) is 3.70. The molecule has 2 heterocycles. The molecule has 0 aliphatic carbocycles. The van der Waals surface area contributed by atoms with Crippen LogP contribution in [-0.2, 0) is 30.7 Å². The van der Waals surface area contributed by atoms with Crippen LogP contribution in [0.25, 0.3) is 0 Å². The second kappa shape index (κ2) is 10.5. The molecule has 4 rings (SSSR count). The van der Waals surface area contributed by atoms with Gasteiger partial charge in [0.05, 0.1) is 23.3 Å². The van der Waals surface area contributed by atoms with Crippen LogP contribution >= 0.6 is 0 Å². The fourth-order valence-electron chi connectivity index (χ4n) is 5.33. The van der Waals surface area contributed by atoms with Crippen LogP contribution in [-0.4, -0.2) is 69.6 Å². The van der Waals surface area contributed by atoms with E-state index in [9.17, 15) is 18.0 Å². The number of benzene rings is 2. The highest BCUT2D eigenvalue weighted by Gasteiger charge is 2.47. The van der Waals surface area contributed by atoms with Gasteiger partial charge in [0.25, 0.3) is 0 Å². The lowest BCUT2D eigenvalue weighted by atomic mass is 9.77. The molecule has 7 nitrogen and oxygen atoms in total. The van der Waals surface area contributed by atoms with Crippen molar-refractivity contribution in [3.8, 4) is 0 Å². The van der Waals surface area contributed by atoms with Gasteiger partial charge in [0.2, 0.25) is 5.91 Å². The van der Waals surface area contributed by atoms with Crippen molar-refractivity contribution in [2.24, 2.45) is 5.41 Å². The fourth-order valence-corrected chi connectivity index (χ4v) is 5.97. The van der Waals surface area contributed by atoms with Crippen LogP contribution in [0.2, 0.25) is 0 Å². The summed E-state index contributed by atoms with van der Waals surface area (Å²) in [5.41, 5.74) is 1.61. The Morgan fingerprint density at radius 3 is 2.23 bits per heavy atom. The van der Waals surface area contributed by atoms with Gasteiger partial charge in [0.15, 0.2) is 9.84 Å². The van der Waals surface area contributed by atoms with Crippen molar-refractivity contribution in [2.75, 3.05) is 39.5 Å². The number of hydrogen-bond acceptors (Lipinski definition) is 6. The van der Waals surface area contributed by atoms with Crippen molar-refractivity contribution in [2.45, 2.75) is 43.0 Å². The zero-order valence-corrected chi connectivity index (χ0v) is 21.3. The van der Waals surface area contributed by atoms with E-state index in [2.05, 4.69) is 4.90 Å². The molecule has 0 bridgehead atoms. The van der Waals surface area contributed by atoms with Crippen LogP contribution in [0.4, 0.5) is 0 Å². The van der Waals surface area contributed by atoms with Crippen LogP contribution in [0.15, 0.2) is 59.5 Å². The number of carbonyl (C=O) groups excluding carboxylic acids is 2. The number of rotatable bonds is 8. The van der Waals surface area contributed by atoms with Gasteiger partial charge in [-0.25, -0.2) is 8.42 Å². The monoisotopic (exact) mass is 498 g/mol. The summed E-state index contributed by atoms with van der Waals surface area (Å²) in [5, 5.41) is 0. The molecule has 0 N–H and O–H groups in total. The molecule has 0 saturated carbocycles. The van der Waals surface area contributed by atoms with Gasteiger partial charge < -0.3 is 14.5 Å². The van der Waals surface area contributed by atoms with E-state index in [-0.39, 0.29) is 23.2 Å². The van der Waals surface area contributed by atoms with Crippen LogP contribution in [0.3, 0.4) is 0 Å². The molecular weight excluding hydrogens is 464 g/mol. The number of amides is 1. The standard InChI is InChI=1S/C27H34N2O5S/c1-34-25(30)24(22-6-4-3-5-7-22)12-16-28-17-13-27(14-18-28)15-19-29(26(27)31)20-21-8-10-23(11-9-21)35(2,32)33/h3-11,24H,12-20H2,1-2H3. The normalized spacial score (nSPS) is 19.1. The molecule has 0 radical (unpaired) electrons. The SMILES string of the molecule is COC(=O)C(CCN1CCC2(CC1)CCN(Cc1ccc(S(C)(=O)=O)cc1)C2=O)c1ccccc1. The first kappa shape index (κ1) is 25.4. The molecule has 2 saturated heterocycles. The predicted molar refractivity (Wildman–Crippen MR) is 134 cm³/mol. The van der Waals surface area contributed by atoms with E-state index in [1.165, 1.54) is 13.4 Å². The lowest BCUT2D eigenvalue weighted by Gasteiger charge is -2.38. The zero-order chi connectivity index (χ0) is 25.1. The van der Waals surface area contributed by atoms with E-state index in [1.807, 2.05) is 35.2 Å². The van der Waals surface area contributed by atoms with Crippen molar-refractivity contribution >= 4 is 21.7 Å². The van der Waals surface area contributed by atoms with E-state index < -0.39 is 9.84 Å². The van der Waals surface area contributed by atoms with Gasteiger partial charge in [-0.2, -0.15) is 0 Å². The Morgan fingerprint density at radius 1 is 1.00 bits per heavy atom. The largest absolute Gasteiger partial charge is 0.469 e. The fraction of sp³-hybridized carbons (Fsp3) is 0.481. The van der Waals surface area contributed by atoms with Crippen molar-refractivity contribution in [1.82, 2.24) is 9.80 Å². The van der Waals surface area contributed by atoms with Gasteiger partial charge in [0.1, 0.15) is 0 Å². The Morgan fingerprint density at radius 2 is 1.63 bits per heavy atom. The maximum atomic E-state index is 13.3. The average molecular weight is 499 g/mol. The molecule has 1 atom stereocenters. The number of methoxy groups -OCH3 is 1. The Labute approximate surface area is 208 Å². The Bertz CT molecular complexity index is 1140. The number of likely N-dealkylation sites (tertiary alicyclic amines) is 2. The Kier molecular flexibility index (Phi) is 7.62. The summed E-state index contributed by atoms with van der Waals surface area (Å²) >= 11 is 0. The minimum absolute atomic E-state index is 0.209. The number of esters is 1. The number of hydrogen-bond donors (Lipinski definition) is 0. The van der Waals surface area contributed by atoms with Gasteiger partial charge in [0, 0.05) is 19.3 Å². The molecule has 2 fully saturated rings. The molecule has 1 amide bonds. The Balaban J connectivity index is 1.31. The summed E-state index contributed by atoms with van der Waals surface area (Å²) in [4.78, 5) is 30.3. The summed E-state index contributed by atoms with van der Waals surface area (Å²) in [6, 6.07) is 16.5. The quantitative estimate of drug-likeness (QED) is 0.520. The first-order valence-electron chi connectivity index (χ1n) is 12.2. The number of nitrogens with zero attached hydrogens (tertiary/aromatic N) is 2. The maximum Gasteiger partial charge on any atom is 0.313 e. The summed E-state index contributed by atoms with van der Waals surface area (Å²) in [6.07, 6.45) is 4.38. The molecule has 188 valence electrons. The molecule has 1 spiro atoms. The molecule has 8 heteroatoms. The van der Waals surface area contributed by atoms with E-state index in [0.717, 1.165) is 56.6 Å². The van der Waals surface area contributed by atoms with Crippen molar-refractivity contribution in [3.63, 3.8) is 0 Å². The summed E-state index contributed by atoms with van der Waals surface area (Å²) in [7, 11) is -1.80. The topological polar surface area (TPSA) is 84.0 Å². The molecule has 2 aliphatic rings. The summed E-state index contributed by atoms with van der Waals surface area (Å²) < 4.78 is 28.4. The third kappa shape index (κ3) is 5.76. The van der Waals surface area contributed by atoms with Gasteiger partial charge in [-0.15, -0.1) is 0 Å². The van der Waals surface area contributed by atoms with Crippen molar-refractivity contribution < 1.29 is 22.7 Å². The van der Waals surface area contributed by atoms with Gasteiger partial charge in [-0.1, -0.05) is 42.5 Å². The highest BCUT2D eigenvalue weighted by molar-refractivity contribution is 7.90. The highest BCUT2D eigenvalue weighted by atomic mass is 32.2. The second-order valence-corrected chi connectivity index (χ2v) is 11.8. The van der Waals surface area contributed by atoms with Gasteiger partial charge in [-0.05, 0) is 68.6 Å². The second-order valence-electron chi connectivity index (χ2n) is 9.79. The molecule has 0 aromatic heterocycles. The van der Waals surface area contributed by atoms with Crippen LogP contribution < -0.4 is 0 Å². The zero-order valence-electron chi connectivity index (χ0n) is 20.5. The minimum Gasteiger partial charge on any atom is -0.469 e. The maximum absolute atomic E-state index is 13.3. The third-order valence-electron chi connectivity index (χ3n) is 7.56. The van der Waals surface area contributed by atoms with E-state index in [1.54, 1.807) is 24.3 Å². The summed E-state index contributed by atoms with van der Waals surface area (Å²) in [5.74, 6) is -0.285. The van der Waals surface area contributed by atoms with Gasteiger partial charge in [-0.3, -0.25) is 9.59 Å². The molecular formula is C27H34N2O5S. The van der Waals surface area contributed by atoms with Crippen LogP contribution in [0.5, 0.6) is 0 Å². The number of sulfone groups is 1. The average Bonchev–Trinajstić information content (AvgIpc) is 3.15. The Hall–Kier alpha value is -2.71. The third-order valence-corrected chi connectivity index (χ3v) is 8.69. The van der Waals surface area contributed by atoms with E-state index in [4.69, 9.17) is 4.74 Å². The predicted octanol–water partition coefficient (Wildman–Crippen LogP) is 3.25. The first-order valence-corrected chi connectivity index (χ1v) is 14.0. The van der Waals surface area contributed by atoms with E-state index in [0.29, 0.717) is 17.9 Å². The lowest BCUT2D eigenvalue weighted by molar-refractivity contribution is -0.142. The molecule has 2 aromatic carbocycles. The first-order chi connectivity index (χ1) is 16.7. The number of carbonyl (C=O) groups is 2. The molecule has 1 unspecified atom stereocenters. The van der Waals surface area contributed by atoms with Crippen LogP contribution in [0, 0.1) is 5.41 Å². The lowest BCUT2D eigenvalue weighted by Crippen LogP contribution is -2.45.